The summed E-state index contributed by atoms with van der Waals surface area (Å²) in [5.74, 6) is -0.197. The Bertz CT molecular complexity index is 769. The summed E-state index contributed by atoms with van der Waals surface area (Å²) in [5, 5.41) is 2.76. The minimum absolute atomic E-state index is 0.152. The van der Waals surface area contributed by atoms with Crippen molar-refractivity contribution in [3.8, 4) is 0 Å². The van der Waals surface area contributed by atoms with E-state index >= 15 is 0 Å². The number of nitrogens with one attached hydrogen (secondary N) is 1. The lowest BCUT2D eigenvalue weighted by Gasteiger charge is -2.13. The van der Waals surface area contributed by atoms with Crippen molar-refractivity contribution in [3.05, 3.63) is 65.5 Å². The standard InChI is InChI=1S/C22H28N2O3/c1-16(2)14-18-7-9-19(10-8-18)17(3)22(26)27-13-11-23-21(25)20-6-5-12-24(4)15-20/h5-10,12,15-17H,11,13-14H2,1-4H3/p+1. The molecular formula is C22H29N2O3+. The van der Waals surface area contributed by atoms with Gasteiger partial charge in [-0.2, -0.15) is 0 Å². The third kappa shape index (κ3) is 6.51. The molecule has 144 valence electrons. The van der Waals surface area contributed by atoms with E-state index in [0.717, 1.165) is 12.0 Å². The van der Waals surface area contributed by atoms with Crippen molar-refractivity contribution in [2.75, 3.05) is 13.2 Å². The molecule has 0 bridgehead atoms. The van der Waals surface area contributed by atoms with Crippen molar-refractivity contribution in [1.29, 1.82) is 0 Å². The van der Waals surface area contributed by atoms with Crippen LogP contribution in [0.15, 0.2) is 48.8 Å². The maximum atomic E-state index is 12.2. The number of ether oxygens (including phenoxy) is 1. The van der Waals surface area contributed by atoms with E-state index in [0.29, 0.717) is 11.5 Å². The number of esters is 1. The average Bonchev–Trinajstić information content (AvgIpc) is 2.64. The Kier molecular flexibility index (Phi) is 7.53. The van der Waals surface area contributed by atoms with Gasteiger partial charge in [-0.25, -0.2) is 4.57 Å². The fourth-order valence-electron chi connectivity index (χ4n) is 2.82. The number of hydrogen-bond acceptors (Lipinski definition) is 3. The van der Waals surface area contributed by atoms with Crippen LogP contribution in [-0.4, -0.2) is 25.0 Å². The monoisotopic (exact) mass is 369 g/mol. The molecule has 27 heavy (non-hydrogen) atoms. The first-order valence-electron chi connectivity index (χ1n) is 9.35. The van der Waals surface area contributed by atoms with Gasteiger partial charge in [-0.15, -0.1) is 0 Å². The fraction of sp³-hybridized carbons (Fsp3) is 0.409. The third-order valence-electron chi connectivity index (χ3n) is 4.31. The average molecular weight is 369 g/mol. The zero-order valence-corrected chi connectivity index (χ0v) is 16.6. The highest BCUT2D eigenvalue weighted by Crippen LogP contribution is 2.18. The van der Waals surface area contributed by atoms with Crippen LogP contribution in [0.3, 0.4) is 0 Å². The van der Waals surface area contributed by atoms with Crippen LogP contribution in [0.1, 0.15) is 48.2 Å². The fourth-order valence-corrected chi connectivity index (χ4v) is 2.82. The Balaban J connectivity index is 1.77. The third-order valence-corrected chi connectivity index (χ3v) is 4.31. The van der Waals surface area contributed by atoms with Gasteiger partial charge >= 0.3 is 5.97 Å². The van der Waals surface area contributed by atoms with Crippen LogP contribution in [0.5, 0.6) is 0 Å². The lowest BCUT2D eigenvalue weighted by atomic mass is 9.97. The highest BCUT2D eigenvalue weighted by atomic mass is 16.5. The van der Waals surface area contributed by atoms with Crippen molar-refractivity contribution in [2.24, 2.45) is 13.0 Å². The Morgan fingerprint density at radius 3 is 2.44 bits per heavy atom. The topological polar surface area (TPSA) is 59.3 Å². The predicted octanol–water partition coefficient (Wildman–Crippen LogP) is 2.79. The molecule has 5 nitrogen and oxygen atoms in total. The first kappa shape index (κ1) is 20.6. The first-order valence-corrected chi connectivity index (χ1v) is 9.35. The van der Waals surface area contributed by atoms with Gasteiger partial charge in [-0.3, -0.25) is 9.59 Å². The van der Waals surface area contributed by atoms with Gasteiger partial charge in [0, 0.05) is 6.07 Å². The molecule has 1 aromatic carbocycles. The van der Waals surface area contributed by atoms with E-state index in [1.807, 2.05) is 42.9 Å². The number of amides is 1. The van der Waals surface area contributed by atoms with Crippen LogP contribution in [0, 0.1) is 5.92 Å². The van der Waals surface area contributed by atoms with Crippen LogP contribution in [0.2, 0.25) is 0 Å². The molecule has 0 saturated carbocycles. The minimum Gasteiger partial charge on any atom is -0.463 e. The molecule has 0 fully saturated rings. The van der Waals surface area contributed by atoms with Crippen molar-refractivity contribution in [3.63, 3.8) is 0 Å². The number of benzene rings is 1. The second-order valence-electron chi connectivity index (χ2n) is 7.24. The van der Waals surface area contributed by atoms with E-state index in [1.165, 1.54) is 5.56 Å². The molecule has 1 aromatic heterocycles. The molecule has 0 radical (unpaired) electrons. The molecule has 0 saturated heterocycles. The molecule has 1 unspecified atom stereocenters. The number of aryl methyl sites for hydroxylation is 1. The summed E-state index contributed by atoms with van der Waals surface area (Å²) in [6, 6.07) is 11.7. The van der Waals surface area contributed by atoms with Crippen molar-refractivity contribution < 1.29 is 18.9 Å². The lowest BCUT2D eigenvalue weighted by molar-refractivity contribution is -0.671. The van der Waals surface area contributed by atoms with E-state index in [1.54, 1.807) is 12.3 Å². The molecule has 0 aliphatic heterocycles. The lowest BCUT2D eigenvalue weighted by Crippen LogP contribution is -2.32. The number of carbonyl (C=O) groups is 2. The second-order valence-corrected chi connectivity index (χ2v) is 7.24. The maximum Gasteiger partial charge on any atom is 0.313 e. The van der Waals surface area contributed by atoms with Gasteiger partial charge in [0.2, 0.25) is 0 Å². The Hall–Kier alpha value is -2.69. The van der Waals surface area contributed by atoms with Gasteiger partial charge in [0.15, 0.2) is 12.4 Å². The summed E-state index contributed by atoms with van der Waals surface area (Å²) < 4.78 is 7.11. The smallest absolute Gasteiger partial charge is 0.313 e. The van der Waals surface area contributed by atoms with Crippen LogP contribution in [0.25, 0.3) is 0 Å². The van der Waals surface area contributed by atoms with Crippen LogP contribution >= 0.6 is 0 Å². The number of pyridine rings is 1. The Morgan fingerprint density at radius 1 is 1.11 bits per heavy atom. The van der Waals surface area contributed by atoms with Crippen molar-refractivity contribution in [2.45, 2.75) is 33.1 Å². The summed E-state index contributed by atoms with van der Waals surface area (Å²) >= 11 is 0. The quantitative estimate of drug-likeness (QED) is 0.442. The summed E-state index contributed by atoms with van der Waals surface area (Å²) in [6.07, 6.45) is 4.62. The zero-order chi connectivity index (χ0) is 19.8. The van der Waals surface area contributed by atoms with Gasteiger partial charge in [0.25, 0.3) is 5.91 Å². The zero-order valence-electron chi connectivity index (χ0n) is 16.6. The van der Waals surface area contributed by atoms with Gasteiger partial charge in [0.05, 0.1) is 12.5 Å². The normalized spacial score (nSPS) is 11.9. The summed E-state index contributed by atoms with van der Waals surface area (Å²) in [6.45, 7) is 6.64. The second kappa shape index (κ2) is 9.86. The maximum absolute atomic E-state index is 12.2. The van der Waals surface area contributed by atoms with Gasteiger partial charge in [0.1, 0.15) is 19.2 Å². The number of carbonyl (C=O) groups excluding carboxylic acids is 2. The molecule has 2 rings (SSSR count). The molecule has 2 aromatic rings. The van der Waals surface area contributed by atoms with Gasteiger partial charge < -0.3 is 10.1 Å². The van der Waals surface area contributed by atoms with Crippen molar-refractivity contribution in [1.82, 2.24) is 5.32 Å². The number of aromatic nitrogens is 1. The molecule has 0 aliphatic rings. The first-order chi connectivity index (χ1) is 12.9. The van der Waals surface area contributed by atoms with E-state index in [9.17, 15) is 9.59 Å². The number of hydrogen-bond donors (Lipinski definition) is 1. The van der Waals surface area contributed by atoms with Crippen molar-refractivity contribution >= 4 is 11.9 Å². The largest absolute Gasteiger partial charge is 0.463 e. The summed E-state index contributed by atoms with van der Waals surface area (Å²) in [4.78, 5) is 24.3. The molecule has 1 amide bonds. The summed E-state index contributed by atoms with van der Waals surface area (Å²) in [5.41, 5.74) is 2.78. The molecule has 0 spiro atoms. The van der Waals surface area contributed by atoms with Crippen LogP contribution in [0.4, 0.5) is 0 Å². The number of nitrogens with zero attached hydrogens (tertiary/aromatic N) is 1. The van der Waals surface area contributed by atoms with Gasteiger partial charge in [-0.1, -0.05) is 38.1 Å². The highest BCUT2D eigenvalue weighted by molar-refractivity contribution is 5.93. The van der Waals surface area contributed by atoms with E-state index in [-0.39, 0.29) is 30.9 Å². The van der Waals surface area contributed by atoms with E-state index in [4.69, 9.17) is 4.74 Å². The Morgan fingerprint density at radius 2 is 1.81 bits per heavy atom. The summed E-state index contributed by atoms with van der Waals surface area (Å²) in [7, 11) is 1.86. The van der Waals surface area contributed by atoms with E-state index < -0.39 is 0 Å². The van der Waals surface area contributed by atoms with Crippen LogP contribution < -0.4 is 9.88 Å². The minimum atomic E-state index is -0.332. The molecule has 5 heteroatoms. The number of rotatable bonds is 8. The van der Waals surface area contributed by atoms with Gasteiger partial charge in [-0.05, 0) is 36.5 Å². The molecular weight excluding hydrogens is 340 g/mol. The molecule has 1 N–H and O–H groups in total. The Labute approximate surface area is 161 Å². The highest BCUT2D eigenvalue weighted by Gasteiger charge is 2.17. The molecule has 0 aliphatic carbocycles. The van der Waals surface area contributed by atoms with Crippen LogP contribution in [-0.2, 0) is 23.0 Å². The molecule has 1 heterocycles. The molecule has 1 atom stereocenters. The predicted molar refractivity (Wildman–Crippen MR) is 104 cm³/mol. The van der Waals surface area contributed by atoms with E-state index in [2.05, 4.69) is 31.3 Å². The SMILES string of the molecule is CC(C)Cc1ccc(C(C)C(=O)OCCNC(=O)c2ccc[n+](C)c2)cc1.